The van der Waals surface area contributed by atoms with Crippen molar-refractivity contribution in [3.8, 4) is 5.75 Å². The lowest BCUT2D eigenvalue weighted by molar-refractivity contribution is -0.908. The number of para-hydroxylation sites is 1. The molecule has 27 heavy (non-hydrogen) atoms. The van der Waals surface area contributed by atoms with Gasteiger partial charge in [-0.25, -0.2) is 5.01 Å². The lowest BCUT2D eigenvalue weighted by Gasteiger charge is -2.50. The van der Waals surface area contributed by atoms with Crippen LogP contribution in [-0.2, 0) is 0 Å². The molecule has 1 fully saturated rings. The van der Waals surface area contributed by atoms with Crippen molar-refractivity contribution >= 4 is 5.71 Å². The Balaban J connectivity index is 1.51. The van der Waals surface area contributed by atoms with Crippen molar-refractivity contribution < 1.29 is 9.64 Å². The summed E-state index contributed by atoms with van der Waals surface area (Å²) >= 11 is 0. The highest BCUT2D eigenvalue weighted by Crippen LogP contribution is 2.49. The van der Waals surface area contributed by atoms with Gasteiger partial charge in [0.1, 0.15) is 5.75 Å². The summed E-state index contributed by atoms with van der Waals surface area (Å²) in [5.74, 6) is 1.06. The van der Waals surface area contributed by atoms with E-state index in [1.807, 2.05) is 0 Å². The van der Waals surface area contributed by atoms with E-state index in [4.69, 9.17) is 9.84 Å². The minimum absolute atomic E-state index is 0.285. The molecule has 0 saturated carbocycles. The number of fused-ring (bicyclic) bond motifs is 4. The molecule has 2 aromatic carbocycles. The van der Waals surface area contributed by atoms with Gasteiger partial charge in [0.15, 0.2) is 0 Å². The quantitative estimate of drug-likeness (QED) is 0.909. The largest absolute Gasteiger partial charge is 0.466 e. The van der Waals surface area contributed by atoms with E-state index in [0.29, 0.717) is 0 Å². The zero-order chi connectivity index (χ0) is 18.3. The van der Waals surface area contributed by atoms with Gasteiger partial charge < -0.3 is 9.64 Å². The van der Waals surface area contributed by atoms with E-state index < -0.39 is 0 Å². The van der Waals surface area contributed by atoms with Crippen molar-refractivity contribution in [3.63, 3.8) is 0 Å². The number of likely N-dealkylation sites (tertiary alicyclic amines) is 1. The SMILES string of the molecule is CCC[NH+]1CCC2(CC1)Oc1ccccc1[C@@H]1CC(c3ccccc3)=NN12. The number of nitrogens with one attached hydrogen (secondary N) is 1. The highest BCUT2D eigenvalue weighted by atomic mass is 16.5. The molecule has 0 amide bonds. The zero-order valence-electron chi connectivity index (χ0n) is 16.0. The highest BCUT2D eigenvalue weighted by molar-refractivity contribution is 6.01. The van der Waals surface area contributed by atoms with Gasteiger partial charge in [0.25, 0.3) is 0 Å². The molecule has 0 aromatic heterocycles. The molecular formula is C23H28N3O+. The summed E-state index contributed by atoms with van der Waals surface area (Å²) in [6, 6.07) is 19.5. The first-order valence-electron chi connectivity index (χ1n) is 10.3. The van der Waals surface area contributed by atoms with E-state index in [1.54, 1.807) is 4.90 Å². The monoisotopic (exact) mass is 362 g/mol. The number of hydrogen-bond acceptors (Lipinski definition) is 3. The van der Waals surface area contributed by atoms with Crippen molar-refractivity contribution in [2.45, 2.75) is 44.4 Å². The number of hydrazone groups is 1. The molecule has 5 rings (SSSR count). The molecule has 0 aliphatic carbocycles. The van der Waals surface area contributed by atoms with E-state index in [-0.39, 0.29) is 11.8 Å². The molecule has 3 aliphatic heterocycles. The number of nitrogens with zero attached hydrogens (tertiary/aromatic N) is 2. The van der Waals surface area contributed by atoms with Crippen LogP contribution in [0.25, 0.3) is 0 Å². The first-order valence-corrected chi connectivity index (χ1v) is 10.3. The molecule has 4 heteroatoms. The topological polar surface area (TPSA) is 29.3 Å². The summed E-state index contributed by atoms with van der Waals surface area (Å²) in [6.45, 7) is 5.86. The molecule has 1 atom stereocenters. The number of benzene rings is 2. The maximum atomic E-state index is 6.69. The number of rotatable bonds is 3. The Morgan fingerprint density at radius 1 is 1.07 bits per heavy atom. The van der Waals surface area contributed by atoms with Gasteiger partial charge in [-0.15, -0.1) is 0 Å². The van der Waals surface area contributed by atoms with Gasteiger partial charge in [-0.3, -0.25) is 0 Å². The molecule has 1 spiro atoms. The van der Waals surface area contributed by atoms with Gasteiger partial charge >= 0.3 is 0 Å². The summed E-state index contributed by atoms with van der Waals surface area (Å²) in [7, 11) is 0. The van der Waals surface area contributed by atoms with Crippen molar-refractivity contribution in [2.75, 3.05) is 19.6 Å². The summed E-state index contributed by atoms with van der Waals surface area (Å²) < 4.78 is 6.69. The van der Waals surface area contributed by atoms with Crippen LogP contribution in [0.2, 0.25) is 0 Å². The molecule has 1 saturated heterocycles. The Hall–Kier alpha value is -2.33. The van der Waals surface area contributed by atoms with Crippen LogP contribution in [0.15, 0.2) is 59.7 Å². The van der Waals surface area contributed by atoms with Crippen LogP contribution in [0.4, 0.5) is 0 Å². The Morgan fingerprint density at radius 2 is 1.81 bits per heavy atom. The van der Waals surface area contributed by atoms with Gasteiger partial charge in [0.2, 0.25) is 5.72 Å². The van der Waals surface area contributed by atoms with Crippen LogP contribution in [0.5, 0.6) is 5.75 Å². The van der Waals surface area contributed by atoms with Crippen molar-refractivity contribution in [2.24, 2.45) is 5.10 Å². The molecule has 3 heterocycles. The minimum Gasteiger partial charge on any atom is -0.466 e. The van der Waals surface area contributed by atoms with Crippen LogP contribution >= 0.6 is 0 Å². The van der Waals surface area contributed by atoms with E-state index in [1.165, 1.54) is 29.8 Å². The van der Waals surface area contributed by atoms with Gasteiger partial charge in [-0.2, -0.15) is 5.10 Å². The van der Waals surface area contributed by atoms with Crippen LogP contribution in [-0.4, -0.2) is 36.1 Å². The van der Waals surface area contributed by atoms with Gasteiger partial charge in [0.05, 0.1) is 44.2 Å². The molecule has 0 radical (unpaired) electrons. The van der Waals surface area contributed by atoms with Crippen molar-refractivity contribution in [1.82, 2.24) is 5.01 Å². The standard InChI is InChI=1S/C23H27N3O/c1-2-14-25-15-12-23(13-16-25)26-21(19-10-6-7-11-22(19)27-23)17-20(24-26)18-8-4-3-5-9-18/h3-11,21H,2,12-17H2,1H3/p+1/t21-/m0/s1. The molecule has 1 N–H and O–H groups in total. The zero-order valence-corrected chi connectivity index (χ0v) is 16.0. The Morgan fingerprint density at radius 3 is 2.59 bits per heavy atom. The third-order valence-corrected chi connectivity index (χ3v) is 6.35. The number of hydrogen-bond donors (Lipinski definition) is 1. The number of quaternary nitrogens is 1. The fraction of sp³-hybridized carbons (Fsp3) is 0.435. The normalized spacial score (nSPS) is 29.1. The van der Waals surface area contributed by atoms with E-state index in [2.05, 4.69) is 66.5 Å². The Bertz CT molecular complexity index is 840. The molecule has 3 aliphatic rings. The number of piperidine rings is 1. The molecule has 140 valence electrons. The van der Waals surface area contributed by atoms with Gasteiger partial charge in [-0.05, 0) is 18.1 Å². The van der Waals surface area contributed by atoms with Crippen molar-refractivity contribution in [1.29, 1.82) is 0 Å². The van der Waals surface area contributed by atoms with Gasteiger partial charge in [-0.1, -0.05) is 55.5 Å². The second-order valence-electron chi connectivity index (χ2n) is 8.06. The summed E-state index contributed by atoms with van der Waals surface area (Å²) in [4.78, 5) is 1.70. The third kappa shape index (κ3) is 2.83. The van der Waals surface area contributed by atoms with E-state index in [9.17, 15) is 0 Å². The molecule has 2 aromatic rings. The Labute approximate surface area is 161 Å². The Kier molecular flexibility index (Phi) is 4.16. The van der Waals surface area contributed by atoms with Gasteiger partial charge in [0, 0.05) is 12.0 Å². The van der Waals surface area contributed by atoms with Crippen LogP contribution in [0, 0.1) is 0 Å². The molecule has 0 bridgehead atoms. The second-order valence-corrected chi connectivity index (χ2v) is 8.06. The lowest BCUT2D eigenvalue weighted by atomic mass is 9.90. The third-order valence-electron chi connectivity index (χ3n) is 6.35. The first-order chi connectivity index (χ1) is 13.3. The maximum Gasteiger partial charge on any atom is 0.208 e. The second kappa shape index (κ2) is 6.68. The van der Waals surface area contributed by atoms with Crippen molar-refractivity contribution in [3.05, 3.63) is 65.7 Å². The number of ether oxygens (including phenoxy) is 1. The fourth-order valence-corrected chi connectivity index (χ4v) is 4.96. The highest BCUT2D eigenvalue weighted by Gasteiger charge is 2.52. The maximum absolute atomic E-state index is 6.69. The minimum atomic E-state index is -0.285. The van der Waals surface area contributed by atoms with Crippen LogP contribution in [0.1, 0.15) is 49.8 Å². The summed E-state index contributed by atoms with van der Waals surface area (Å²) in [5, 5.41) is 7.46. The van der Waals surface area contributed by atoms with E-state index in [0.717, 1.165) is 38.1 Å². The lowest BCUT2D eigenvalue weighted by Crippen LogP contribution is -3.14. The average molecular weight is 362 g/mol. The summed E-state index contributed by atoms with van der Waals surface area (Å²) in [5.41, 5.74) is 3.41. The molecular weight excluding hydrogens is 334 g/mol. The predicted octanol–water partition coefficient (Wildman–Crippen LogP) is 3.02. The average Bonchev–Trinajstić information content (AvgIpc) is 3.18. The predicted molar refractivity (Wildman–Crippen MR) is 107 cm³/mol. The molecule has 0 unspecified atom stereocenters. The smallest absolute Gasteiger partial charge is 0.208 e. The summed E-state index contributed by atoms with van der Waals surface area (Å²) in [6.07, 6.45) is 4.28. The van der Waals surface area contributed by atoms with Crippen LogP contribution in [0.3, 0.4) is 0 Å². The van der Waals surface area contributed by atoms with Crippen LogP contribution < -0.4 is 9.64 Å². The first kappa shape index (κ1) is 16.8. The molecule has 4 nitrogen and oxygen atoms in total. The van der Waals surface area contributed by atoms with E-state index >= 15 is 0 Å². The fourth-order valence-electron chi connectivity index (χ4n) is 4.96.